The molecular weight excluding hydrogens is 456 g/mol. The lowest BCUT2D eigenvalue weighted by Crippen LogP contribution is -2.07. The summed E-state index contributed by atoms with van der Waals surface area (Å²) in [4.78, 5) is 21.1. The van der Waals surface area contributed by atoms with Crippen molar-refractivity contribution in [1.29, 1.82) is 0 Å². The summed E-state index contributed by atoms with van der Waals surface area (Å²) in [6.07, 6.45) is 4.63. The van der Waals surface area contributed by atoms with E-state index < -0.39 is 5.97 Å². The number of fused-ring (bicyclic) bond motifs is 1. The molecule has 0 saturated heterocycles. The minimum absolute atomic E-state index is 0.270. The first kappa shape index (κ1) is 23.2. The zero-order valence-electron chi connectivity index (χ0n) is 20.6. The standard InChI is InChI=1S/C27H26N6O3/c1-5-36-26(34)21-13-28-33(16-21)27-30-22-14-29-32(24(22)25(31-27)35-4)15-19-10-7-11-20(12-19)23-17(2)8-6-9-18(23)3/h6-14,16H,5,15H2,1-4H3. The maximum absolute atomic E-state index is 12.0. The van der Waals surface area contributed by atoms with Gasteiger partial charge in [-0.3, -0.25) is 4.68 Å². The van der Waals surface area contributed by atoms with Gasteiger partial charge in [0.05, 0.1) is 38.2 Å². The fourth-order valence-corrected chi connectivity index (χ4v) is 4.34. The van der Waals surface area contributed by atoms with Gasteiger partial charge in [-0.1, -0.05) is 36.4 Å². The van der Waals surface area contributed by atoms with Gasteiger partial charge in [-0.05, 0) is 54.7 Å². The molecule has 0 radical (unpaired) electrons. The summed E-state index contributed by atoms with van der Waals surface area (Å²) in [5.74, 6) is 0.186. The molecular formula is C27H26N6O3. The van der Waals surface area contributed by atoms with Crippen molar-refractivity contribution in [2.45, 2.75) is 27.3 Å². The number of rotatable bonds is 7. The fraction of sp³-hybridized carbons (Fsp3) is 0.222. The Bertz CT molecular complexity index is 1550. The van der Waals surface area contributed by atoms with Gasteiger partial charge in [-0.15, -0.1) is 0 Å². The Morgan fingerprint density at radius 3 is 2.53 bits per heavy atom. The number of esters is 1. The summed E-state index contributed by atoms with van der Waals surface area (Å²) in [6, 6.07) is 14.8. The van der Waals surface area contributed by atoms with Crippen molar-refractivity contribution >= 4 is 17.0 Å². The number of aromatic nitrogens is 6. The number of aryl methyl sites for hydroxylation is 2. The molecule has 0 saturated carbocycles. The Morgan fingerprint density at radius 2 is 1.78 bits per heavy atom. The van der Waals surface area contributed by atoms with E-state index in [1.807, 2.05) is 4.68 Å². The van der Waals surface area contributed by atoms with Gasteiger partial charge in [-0.25, -0.2) is 14.5 Å². The molecule has 0 aliphatic heterocycles. The third-order valence-electron chi connectivity index (χ3n) is 5.97. The summed E-state index contributed by atoms with van der Waals surface area (Å²) in [5, 5.41) is 8.77. The van der Waals surface area contributed by atoms with E-state index >= 15 is 0 Å². The van der Waals surface area contributed by atoms with Crippen molar-refractivity contribution in [3.05, 3.63) is 83.3 Å². The highest BCUT2D eigenvalue weighted by molar-refractivity contribution is 5.89. The van der Waals surface area contributed by atoms with Crippen LogP contribution in [0, 0.1) is 13.8 Å². The number of hydrogen-bond donors (Lipinski definition) is 0. The smallest absolute Gasteiger partial charge is 0.341 e. The predicted octanol–water partition coefficient (Wildman–Crippen LogP) is 4.53. The van der Waals surface area contributed by atoms with Crippen LogP contribution in [0.15, 0.2) is 61.1 Å². The SMILES string of the molecule is CCOC(=O)c1cnn(-c2nc(OC)c3c(cnn3Cc3cccc(-c4c(C)cccc4C)c3)n2)c1. The number of methoxy groups -OCH3 is 1. The van der Waals surface area contributed by atoms with E-state index in [1.165, 1.54) is 39.3 Å². The Balaban J connectivity index is 1.49. The van der Waals surface area contributed by atoms with E-state index in [9.17, 15) is 4.79 Å². The number of carbonyl (C=O) groups is 1. The van der Waals surface area contributed by atoms with Crippen molar-refractivity contribution in [3.8, 4) is 23.0 Å². The maximum atomic E-state index is 12.0. The monoisotopic (exact) mass is 482 g/mol. The third kappa shape index (κ3) is 4.31. The number of hydrogen-bond acceptors (Lipinski definition) is 7. The average Bonchev–Trinajstić information content (AvgIpc) is 3.52. The molecule has 0 bridgehead atoms. The Labute approximate surface area is 208 Å². The van der Waals surface area contributed by atoms with Gasteiger partial charge in [-0.2, -0.15) is 15.2 Å². The highest BCUT2D eigenvalue weighted by Crippen LogP contribution is 2.29. The first-order valence-electron chi connectivity index (χ1n) is 11.6. The van der Waals surface area contributed by atoms with Crippen LogP contribution in [-0.4, -0.2) is 49.2 Å². The lowest BCUT2D eigenvalue weighted by atomic mass is 9.95. The number of nitrogens with zero attached hydrogens (tertiary/aromatic N) is 6. The Hall–Kier alpha value is -4.53. The second-order valence-electron chi connectivity index (χ2n) is 8.43. The highest BCUT2D eigenvalue weighted by Gasteiger charge is 2.18. The van der Waals surface area contributed by atoms with E-state index in [-0.39, 0.29) is 12.6 Å². The van der Waals surface area contributed by atoms with Crippen LogP contribution in [0.2, 0.25) is 0 Å². The first-order chi connectivity index (χ1) is 17.5. The van der Waals surface area contributed by atoms with Gasteiger partial charge in [0.15, 0.2) is 0 Å². The van der Waals surface area contributed by atoms with E-state index in [2.05, 4.69) is 76.5 Å². The van der Waals surface area contributed by atoms with Crippen LogP contribution in [0.25, 0.3) is 28.1 Å². The summed E-state index contributed by atoms with van der Waals surface area (Å²) >= 11 is 0. The molecule has 0 unspecified atom stereocenters. The first-order valence-corrected chi connectivity index (χ1v) is 11.6. The van der Waals surface area contributed by atoms with Crippen molar-refractivity contribution in [3.63, 3.8) is 0 Å². The molecule has 5 aromatic rings. The van der Waals surface area contributed by atoms with Crippen LogP contribution < -0.4 is 4.74 Å². The van der Waals surface area contributed by atoms with Crippen molar-refractivity contribution < 1.29 is 14.3 Å². The molecule has 0 aliphatic carbocycles. The normalized spacial score (nSPS) is 11.1. The molecule has 0 amide bonds. The van der Waals surface area contributed by atoms with Crippen LogP contribution in [0.1, 0.15) is 34.0 Å². The molecule has 0 atom stereocenters. The lowest BCUT2D eigenvalue weighted by Gasteiger charge is -2.12. The van der Waals surface area contributed by atoms with Crippen LogP contribution in [0.3, 0.4) is 0 Å². The van der Waals surface area contributed by atoms with E-state index in [0.29, 0.717) is 29.0 Å². The summed E-state index contributed by atoms with van der Waals surface area (Å²) in [7, 11) is 1.55. The number of benzene rings is 2. The van der Waals surface area contributed by atoms with Crippen LogP contribution in [-0.2, 0) is 11.3 Å². The number of ether oxygens (including phenoxy) is 2. The fourth-order valence-electron chi connectivity index (χ4n) is 4.34. The Kier molecular flexibility index (Phi) is 6.20. The zero-order valence-corrected chi connectivity index (χ0v) is 20.6. The molecule has 5 rings (SSSR count). The minimum Gasteiger partial charge on any atom is -0.479 e. The summed E-state index contributed by atoms with van der Waals surface area (Å²) in [5.41, 5.74) is 7.59. The molecule has 36 heavy (non-hydrogen) atoms. The molecule has 9 heteroatoms. The van der Waals surface area contributed by atoms with Gasteiger partial charge in [0.2, 0.25) is 5.88 Å². The average molecular weight is 483 g/mol. The van der Waals surface area contributed by atoms with Gasteiger partial charge in [0, 0.05) is 6.20 Å². The van der Waals surface area contributed by atoms with E-state index in [1.54, 1.807) is 20.2 Å². The molecule has 3 heterocycles. The summed E-state index contributed by atoms with van der Waals surface area (Å²) < 4.78 is 13.9. The second-order valence-corrected chi connectivity index (χ2v) is 8.43. The van der Waals surface area contributed by atoms with Crippen LogP contribution >= 0.6 is 0 Å². The maximum Gasteiger partial charge on any atom is 0.341 e. The summed E-state index contributed by atoms with van der Waals surface area (Å²) in [6.45, 7) is 6.82. The molecule has 9 nitrogen and oxygen atoms in total. The molecule has 0 fully saturated rings. The molecule has 0 aliphatic rings. The second kappa shape index (κ2) is 9.61. The zero-order chi connectivity index (χ0) is 25.2. The van der Waals surface area contributed by atoms with Crippen LogP contribution in [0.5, 0.6) is 5.88 Å². The van der Waals surface area contributed by atoms with Gasteiger partial charge >= 0.3 is 5.97 Å². The van der Waals surface area contributed by atoms with E-state index in [4.69, 9.17) is 9.47 Å². The lowest BCUT2D eigenvalue weighted by molar-refractivity contribution is 0.0526. The third-order valence-corrected chi connectivity index (χ3v) is 5.97. The van der Waals surface area contributed by atoms with Crippen molar-refractivity contribution in [2.75, 3.05) is 13.7 Å². The van der Waals surface area contributed by atoms with Gasteiger partial charge in [0.25, 0.3) is 5.95 Å². The molecule has 0 spiro atoms. The Morgan fingerprint density at radius 1 is 1.00 bits per heavy atom. The van der Waals surface area contributed by atoms with Gasteiger partial charge in [0.1, 0.15) is 11.0 Å². The van der Waals surface area contributed by atoms with Crippen molar-refractivity contribution in [1.82, 2.24) is 29.5 Å². The predicted molar refractivity (Wildman–Crippen MR) is 135 cm³/mol. The van der Waals surface area contributed by atoms with Crippen LogP contribution in [0.4, 0.5) is 0 Å². The van der Waals surface area contributed by atoms with Crippen molar-refractivity contribution in [2.24, 2.45) is 0 Å². The van der Waals surface area contributed by atoms with Gasteiger partial charge < -0.3 is 9.47 Å². The quantitative estimate of drug-likeness (QED) is 0.314. The largest absolute Gasteiger partial charge is 0.479 e. The topological polar surface area (TPSA) is 97.0 Å². The molecule has 2 aromatic carbocycles. The molecule has 3 aromatic heterocycles. The minimum atomic E-state index is -0.451. The van der Waals surface area contributed by atoms with E-state index in [0.717, 1.165) is 5.56 Å². The highest BCUT2D eigenvalue weighted by atomic mass is 16.5. The molecule has 182 valence electrons. The molecule has 0 N–H and O–H groups in total. The number of carbonyl (C=O) groups excluding carboxylic acids is 1.